The molecule has 0 saturated carbocycles. The minimum atomic E-state index is -0.662. The van der Waals surface area contributed by atoms with Crippen molar-refractivity contribution in [2.24, 2.45) is 5.10 Å². The van der Waals surface area contributed by atoms with Gasteiger partial charge in [0, 0.05) is 29.2 Å². The highest BCUT2D eigenvalue weighted by Crippen LogP contribution is 2.22. The maximum absolute atomic E-state index is 12.3. The molecule has 0 atom stereocenters. The Kier molecular flexibility index (Phi) is 6.66. The summed E-state index contributed by atoms with van der Waals surface area (Å²) in [6.07, 6.45) is -0.0237. The molecule has 0 aliphatic carbocycles. The summed E-state index contributed by atoms with van der Waals surface area (Å²) in [4.78, 5) is 34.7. The fourth-order valence-corrected chi connectivity index (χ4v) is 2.91. The number of carbonyl (C=O) groups excluding carboxylic acids is 2. The summed E-state index contributed by atoms with van der Waals surface area (Å²) in [5.41, 5.74) is 11.8. The molecule has 29 heavy (non-hydrogen) atoms. The van der Waals surface area contributed by atoms with Gasteiger partial charge >= 0.3 is 0 Å². The predicted octanol–water partition coefficient (Wildman–Crippen LogP) is 3.24. The van der Waals surface area contributed by atoms with E-state index < -0.39 is 10.8 Å². The van der Waals surface area contributed by atoms with E-state index >= 15 is 0 Å². The van der Waals surface area contributed by atoms with Crippen LogP contribution >= 0.6 is 0 Å². The van der Waals surface area contributed by atoms with Gasteiger partial charge in [0.2, 0.25) is 5.91 Å². The molecule has 0 bridgehead atoms. The zero-order valence-corrected chi connectivity index (χ0v) is 16.7. The van der Waals surface area contributed by atoms with Gasteiger partial charge in [-0.1, -0.05) is 17.7 Å². The summed E-state index contributed by atoms with van der Waals surface area (Å²) >= 11 is 0. The van der Waals surface area contributed by atoms with E-state index in [1.165, 1.54) is 6.07 Å². The molecule has 0 radical (unpaired) electrons. The van der Waals surface area contributed by atoms with Crippen LogP contribution in [-0.2, 0) is 4.79 Å². The number of anilines is 2. The largest absolute Gasteiger partial charge is 0.399 e. The van der Waals surface area contributed by atoms with Gasteiger partial charge in [-0.3, -0.25) is 19.7 Å². The second-order valence-corrected chi connectivity index (χ2v) is 6.86. The molecular formula is C20H23N5O4. The molecule has 9 nitrogen and oxygen atoms in total. The Labute approximate surface area is 168 Å². The number of non-ortho nitro benzene ring substituents is 1. The fraction of sp³-hybridized carbons (Fsp3) is 0.250. The van der Waals surface area contributed by atoms with Crippen molar-refractivity contribution in [2.75, 3.05) is 11.1 Å². The number of nitro groups is 1. The zero-order chi connectivity index (χ0) is 21.7. The highest BCUT2D eigenvalue weighted by Gasteiger charge is 2.14. The highest BCUT2D eigenvalue weighted by atomic mass is 16.6. The van der Waals surface area contributed by atoms with E-state index in [2.05, 4.69) is 15.8 Å². The Morgan fingerprint density at radius 2 is 1.72 bits per heavy atom. The van der Waals surface area contributed by atoms with Crippen molar-refractivity contribution in [1.82, 2.24) is 5.43 Å². The Morgan fingerprint density at radius 1 is 1.10 bits per heavy atom. The summed E-state index contributed by atoms with van der Waals surface area (Å²) in [6, 6.07) is 7.53. The van der Waals surface area contributed by atoms with E-state index in [1.807, 2.05) is 32.9 Å². The number of hydrazone groups is 1. The number of nitro benzene ring substituents is 1. The number of nitrogens with one attached hydrogen (secondary N) is 2. The second kappa shape index (κ2) is 8.96. The first kappa shape index (κ1) is 21.5. The Hall–Kier alpha value is -3.75. The van der Waals surface area contributed by atoms with Gasteiger partial charge in [0.15, 0.2) is 0 Å². The van der Waals surface area contributed by atoms with Crippen LogP contribution in [0, 0.1) is 30.9 Å². The van der Waals surface area contributed by atoms with E-state index in [1.54, 1.807) is 6.92 Å². The van der Waals surface area contributed by atoms with Crippen LogP contribution < -0.4 is 16.5 Å². The summed E-state index contributed by atoms with van der Waals surface area (Å²) < 4.78 is 0. The Bertz CT molecular complexity index is 991. The van der Waals surface area contributed by atoms with Crippen LogP contribution in [0.4, 0.5) is 17.1 Å². The lowest BCUT2D eigenvalue weighted by atomic mass is 10.0. The quantitative estimate of drug-likeness (QED) is 0.297. The van der Waals surface area contributed by atoms with Crippen molar-refractivity contribution in [3.63, 3.8) is 0 Å². The lowest BCUT2D eigenvalue weighted by Crippen LogP contribution is -2.22. The lowest BCUT2D eigenvalue weighted by molar-refractivity contribution is -0.384. The molecule has 0 aliphatic rings. The van der Waals surface area contributed by atoms with Crippen LogP contribution in [0.3, 0.4) is 0 Å². The number of nitrogens with two attached hydrogens (primary N) is 1. The number of nitrogens with zero attached hydrogens (tertiary/aromatic N) is 2. The average Bonchev–Trinajstić information content (AvgIpc) is 2.62. The van der Waals surface area contributed by atoms with Crippen LogP contribution in [0.5, 0.6) is 0 Å². The van der Waals surface area contributed by atoms with Gasteiger partial charge < -0.3 is 11.1 Å². The third-order valence-corrected chi connectivity index (χ3v) is 4.12. The third-order valence-electron chi connectivity index (χ3n) is 4.12. The number of benzene rings is 2. The maximum Gasteiger partial charge on any atom is 0.272 e. The SMILES string of the molecule is C/C(CC(=O)Nc1c(C)cc(C)cc1C)=N\NC(=O)c1cc(N)cc([N+](=O)[O-])c1. The number of carbonyl (C=O) groups is 2. The van der Waals surface area contributed by atoms with Crippen molar-refractivity contribution in [2.45, 2.75) is 34.1 Å². The fourth-order valence-electron chi connectivity index (χ4n) is 2.91. The summed E-state index contributed by atoms with van der Waals surface area (Å²) in [6.45, 7) is 7.42. The number of rotatable bonds is 6. The first-order valence-corrected chi connectivity index (χ1v) is 8.83. The predicted molar refractivity (Wildman–Crippen MR) is 112 cm³/mol. The van der Waals surface area contributed by atoms with E-state index in [4.69, 9.17) is 5.73 Å². The van der Waals surface area contributed by atoms with Gasteiger partial charge in [0.1, 0.15) is 0 Å². The molecule has 0 aliphatic heterocycles. The van der Waals surface area contributed by atoms with Crippen LogP contribution in [-0.4, -0.2) is 22.4 Å². The van der Waals surface area contributed by atoms with Crippen LogP contribution in [0.2, 0.25) is 0 Å². The zero-order valence-electron chi connectivity index (χ0n) is 16.7. The molecule has 2 aromatic carbocycles. The third kappa shape index (κ3) is 5.86. The van der Waals surface area contributed by atoms with Gasteiger partial charge in [0.25, 0.3) is 11.6 Å². The number of nitrogen functional groups attached to an aromatic ring is 1. The lowest BCUT2D eigenvalue weighted by Gasteiger charge is -2.12. The molecular weight excluding hydrogens is 374 g/mol. The monoisotopic (exact) mass is 397 g/mol. The van der Waals surface area contributed by atoms with Crippen molar-refractivity contribution in [3.8, 4) is 0 Å². The molecule has 0 unspecified atom stereocenters. The molecule has 4 N–H and O–H groups in total. The highest BCUT2D eigenvalue weighted by molar-refractivity contribution is 6.06. The first-order valence-electron chi connectivity index (χ1n) is 8.83. The van der Waals surface area contributed by atoms with Crippen molar-refractivity contribution in [3.05, 3.63) is 62.7 Å². The van der Waals surface area contributed by atoms with Crippen molar-refractivity contribution < 1.29 is 14.5 Å². The number of hydrogen-bond acceptors (Lipinski definition) is 6. The van der Waals surface area contributed by atoms with E-state index in [0.717, 1.165) is 34.5 Å². The Morgan fingerprint density at radius 3 is 2.31 bits per heavy atom. The number of hydrogen-bond donors (Lipinski definition) is 3. The Balaban J connectivity index is 2.02. The van der Waals surface area contributed by atoms with Gasteiger partial charge in [-0.2, -0.15) is 5.10 Å². The molecule has 2 amide bonds. The molecule has 152 valence electrons. The summed E-state index contributed by atoms with van der Waals surface area (Å²) in [5.74, 6) is -0.930. The van der Waals surface area contributed by atoms with Gasteiger partial charge in [-0.25, -0.2) is 5.43 Å². The van der Waals surface area contributed by atoms with Gasteiger partial charge in [-0.05, 0) is 44.9 Å². The summed E-state index contributed by atoms with van der Waals surface area (Å²) in [7, 11) is 0. The molecule has 2 aromatic rings. The molecule has 2 rings (SSSR count). The maximum atomic E-state index is 12.3. The van der Waals surface area contributed by atoms with Crippen molar-refractivity contribution >= 4 is 34.6 Å². The molecule has 0 fully saturated rings. The summed E-state index contributed by atoms with van der Waals surface area (Å²) in [5, 5.41) is 17.6. The van der Waals surface area contributed by atoms with E-state index in [0.29, 0.717) is 5.71 Å². The van der Waals surface area contributed by atoms with Gasteiger partial charge in [0.05, 0.1) is 16.9 Å². The van der Waals surface area contributed by atoms with Crippen LogP contribution in [0.25, 0.3) is 0 Å². The molecule has 9 heteroatoms. The normalized spacial score (nSPS) is 11.1. The van der Waals surface area contributed by atoms with Crippen LogP contribution in [0.15, 0.2) is 35.4 Å². The minimum Gasteiger partial charge on any atom is -0.399 e. The molecule has 0 saturated heterocycles. The van der Waals surface area contributed by atoms with E-state index in [9.17, 15) is 19.7 Å². The average molecular weight is 397 g/mol. The minimum absolute atomic E-state index is 0.00334. The first-order chi connectivity index (χ1) is 13.6. The standard InChI is InChI=1S/C20H23N5O4/c1-11-5-12(2)19(13(3)6-11)22-18(26)7-14(4)23-24-20(27)15-8-16(21)10-17(9-15)25(28)29/h5-6,8-10H,7,21H2,1-4H3,(H,22,26)(H,24,27)/b23-14+. The van der Waals surface area contributed by atoms with Crippen molar-refractivity contribution in [1.29, 1.82) is 0 Å². The molecule has 0 aromatic heterocycles. The molecule has 0 heterocycles. The van der Waals surface area contributed by atoms with Crippen LogP contribution in [0.1, 0.15) is 40.4 Å². The number of aryl methyl sites for hydroxylation is 3. The topological polar surface area (TPSA) is 140 Å². The van der Waals surface area contributed by atoms with E-state index in [-0.39, 0.29) is 29.3 Å². The van der Waals surface area contributed by atoms with Gasteiger partial charge in [-0.15, -0.1) is 0 Å². The number of amides is 2. The smallest absolute Gasteiger partial charge is 0.272 e. The second-order valence-electron chi connectivity index (χ2n) is 6.86. The molecule has 0 spiro atoms.